The van der Waals surface area contributed by atoms with Gasteiger partial charge in [-0.1, -0.05) is 0 Å². The lowest BCUT2D eigenvalue weighted by Crippen LogP contribution is -1.99. The monoisotopic (exact) mass is 226 g/mol. The Kier molecular flexibility index (Phi) is 4.92. The van der Waals surface area contributed by atoms with Crippen LogP contribution in [-0.4, -0.2) is 33.0 Å². The van der Waals surface area contributed by atoms with Crippen LogP contribution >= 0.6 is 0 Å². The molecule has 0 saturated heterocycles. The van der Waals surface area contributed by atoms with Crippen LogP contribution < -0.4 is 14.2 Å². The summed E-state index contributed by atoms with van der Waals surface area (Å²) >= 11 is 0. The van der Waals surface area contributed by atoms with Gasteiger partial charge in [0.1, 0.15) is 17.2 Å². The second kappa shape index (κ2) is 6.23. The highest BCUT2D eigenvalue weighted by molar-refractivity contribution is 5.50. The van der Waals surface area contributed by atoms with E-state index in [-0.39, 0.29) is 6.61 Å². The molecule has 1 aromatic carbocycles. The van der Waals surface area contributed by atoms with Gasteiger partial charge in [-0.25, -0.2) is 0 Å². The molecule has 1 N–H and O–H groups in total. The number of aliphatic hydroxyl groups excluding tert-OH is 1. The third kappa shape index (κ3) is 2.79. The molecule has 0 aliphatic rings. The Labute approximate surface area is 95.8 Å². The van der Waals surface area contributed by atoms with Gasteiger partial charge < -0.3 is 19.3 Å². The van der Waals surface area contributed by atoms with E-state index in [2.05, 4.69) is 0 Å². The molecule has 0 fully saturated rings. The molecule has 16 heavy (non-hydrogen) atoms. The van der Waals surface area contributed by atoms with Gasteiger partial charge in [-0.15, -0.1) is 0 Å². The maximum Gasteiger partial charge on any atom is 0.129 e. The topological polar surface area (TPSA) is 47.9 Å². The minimum Gasteiger partial charge on any atom is -0.496 e. The molecular weight excluding hydrogens is 208 g/mol. The molecule has 4 nitrogen and oxygen atoms in total. The van der Waals surface area contributed by atoms with Gasteiger partial charge in [0.2, 0.25) is 0 Å². The highest BCUT2D eigenvalue weighted by atomic mass is 16.5. The Hall–Kier alpha value is -1.42. The molecule has 1 rings (SSSR count). The summed E-state index contributed by atoms with van der Waals surface area (Å²) in [6.45, 7) is 0.151. The summed E-state index contributed by atoms with van der Waals surface area (Å²) in [5.41, 5.74) is 0.958. The minimum atomic E-state index is 0.151. The molecule has 0 heterocycles. The van der Waals surface area contributed by atoms with E-state index < -0.39 is 0 Å². The van der Waals surface area contributed by atoms with Crippen molar-refractivity contribution in [2.24, 2.45) is 0 Å². The lowest BCUT2D eigenvalue weighted by atomic mass is 10.1. The summed E-state index contributed by atoms with van der Waals surface area (Å²) in [5, 5.41) is 8.85. The molecule has 4 heteroatoms. The molecule has 0 bridgehead atoms. The van der Waals surface area contributed by atoms with Crippen LogP contribution in [0.3, 0.4) is 0 Å². The molecule has 0 unspecified atom stereocenters. The van der Waals surface area contributed by atoms with E-state index in [1.165, 1.54) is 0 Å². The van der Waals surface area contributed by atoms with E-state index in [4.69, 9.17) is 19.3 Å². The van der Waals surface area contributed by atoms with E-state index in [1.54, 1.807) is 21.3 Å². The molecule has 0 spiro atoms. The van der Waals surface area contributed by atoms with Crippen LogP contribution in [-0.2, 0) is 6.42 Å². The average Bonchev–Trinajstić information content (AvgIpc) is 2.35. The normalized spacial score (nSPS) is 10.0. The summed E-state index contributed by atoms with van der Waals surface area (Å²) in [4.78, 5) is 0. The molecule has 0 radical (unpaired) electrons. The van der Waals surface area contributed by atoms with Crippen molar-refractivity contribution in [2.75, 3.05) is 27.9 Å². The summed E-state index contributed by atoms with van der Waals surface area (Å²) in [7, 11) is 4.81. The quantitative estimate of drug-likeness (QED) is 0.801. The van der Waals surface area contributed by atoms with Crippen molar-refractivity contribution in [3.05, 3.63) is 17.7 Å². The zero-order chi connectivity index (χ0) is 12.0. The van der Waals surface area contributed by atoms with E-state index in [9.17, 15) is 0 Å². The van der Waals surface area contributed by atoms with Crippen LogP contribution in [0, 0.1) is 0 Å². The van der Waals surface area contributed by atoms with Crippen LogP contribution in [0.15, 0.2) is 12.1 Å². The van der Waals surface area contributed by atoms with Crippen molar-refractivity contribution in [3.8, 4) is 17.2 Å². The predicted molar refractivity (Wildman–Crippen MR) is 61.5 cm³/mol. The third-order valence-electron chi connectivity index (χ3n) is 2.40. The first-order valence-corrected chi connectivity index (χ1v) is 5.16. The minimum absolute atomic E-state index is 0.151. The Morgan fingerprint density at radius 3 is 1.94 bits per heavy atom. The molecule has 90 valence electrons. The lowest BCUT2D eigenvalue weighted by molar-refractivity contribution is 0.286. The number of hydrogen-bond donors (Lipinski definition) is 1. The Bertz CT molecular complexity index is 311. The Morgan fingerprint density at radius 1 is 1.00 bits per heavy atom. The van der Waals surface area contributed by atoms with Gasteiger partial charge in [0, 0.05) is 24.3 Å². The first-order chi connectivity index (χ1) is 7.76. The van der Waals surface area contributed by atoms with Crippen molar-refractivity contribution in [2.45, 2.75) is 12.8 Å². The summed E-state index contributed by atoms with van der Waals surface area (Å²) in [6.07, 6.45) is 1.39. The van der Waals surface area contributed by atoms with Gasteiger partial charge in [-0.3, -0.25) is 0 Å². The van der Waals surface area contributed by atoms with E-state index in [1.807, 2.05) is 12.1 Å². The molecule has 0 aromatic heterocycles. The van der Waals surface area contributed by atoms with Gasteiger partial charge in [0.25, 0.3) is 0 Å². The van der Waals surface area contributed by atoms with Gasteiger partial charge in [-0.2, -0.15) is 0 Å². The van der Waals surface area contributed by atoms with Gasteiger partial charge in [0.15, 0.2) is 0 Å². The SMILES string of the molecule is COc1cc(OC)c(CCCO)c(OC)c1. The molecule has 1 aromatic rings. The lowest BCUT2D eigenvalue weighted by Gasteiger charge is -2.14. The van der Waals surface area contributed by atoms with Crippen molar-refractivity contribution < 1.29 is 19.3 Å². The second-order valence-electron chi connectivity index (χ2n) is 3.34. The fraction of sp³-hybridized carbons (Fsp3) is 0.500. The van der Waals surface area contributed by atoms with Gasteiger partial charge >= 0.3 is 0 Å². The molecule has 0 aliphatic carbocycles. The summed E-state index contributed by atoms with van der Waals surface area (Å²) in [5.74, 6) is 2.15. The van der Waals surface area contributed by atoms with Gasteiger partial charge in [0.05, 0.1) is 21.3 Å². The van der Waals surface area contributed by atoms with Crippen LogP contribution in [0.25, 0.3) is 0 Å². The van der Waals surface area contributed by atoms with Crippen molar-refractivity contribution in [1.82, 2.24) is 0 Å². The largest absolute Gasteiger partial charge is 0.496 e. The number of methoxy groups -OCH3 is 3. The molecule has 0 aliphatic heterocycles. The number of hydrogen-bond acceptors (Lipinski definition) is 4. The maximum atomic E-state index is 8.85. The Morgan fingerprint density at radius 2 is 1.56 bits per heavy atom. The highest BCUT2D eigenvalue weighted by Gasteiger charge is 2.12. The van der Waals surface area contributed by atoms with Crippen molar-refractivity contribution >= 4 is 0 Å². The first-order valence-electron chi connectivity index (χ1n) is 5.16. The fourth-order valence-electron chi connectivity index (χ4n) is 1.58. The van der Waals surface area contributed by atoms with Crippen molar-refractivity contribution in [3.63, 3.8) is 0 Å². The molecular formula is C12H18O4. The smallest absolute Gasteiger partial charge is 0.129 e. The second-order valence-corrected chi connectivity index (χ2v) is 3.34. The number of rotatable bonds is 6. The maximum absolute atomic E-state index is 8.85. The van der Waals surface area contributed by atoms with Crippen LogP contribution in [0.4, 0.5) is 0 Å². The average molecular weight is 226 g/mol. The zero-order valence-electron chi connectivity index (χ0n) is 9.95. The van der Waals surface area contributed by atoms with Crippen LogP contribution in [0.1, 0.15) is 12.0 Å². The molecule has 0 amide bonds. The molecule has 0 atom stereocenters. The number of benzene rings is 1. The van der Waals surface area contributed by atoms with E-state index in [0.29, 0.717) is 18.6 Å². The highest BCUT2D eigenvalue weighted by Crippen LogP contribution is 2.34. The zero-order valence-corrected chi connectivity index (χ0v) is 9.95. The van der Waals surface area contributed by atoms with E-state index >= 15 is 0 Å². The third-order valence-corrected chi connectivity index (χ3v) is 2.40. The summed E-state index contributed by atoms with van der Waals surface area (Å²) < 4.78 is 15.7. The van der Waals surface area contributed by atoms with Crippen LogP contribution in [0.2, 0.25) is 0 Å². The predicted octanol–water partition coefficient (Wildman–Crippen LogP) is 1.64. The van der Waals surface area contributed by atoms with E-state index in [0.717, 1.165) is 17.1 Å². The number of aliphatic hydroxyl groups is 1. The first kappa shape index (κ1) is 12.6. The molecule has 0 saturated carbocycles. The standard InChI is InChI=1S/C12H18O4/c1-14-9-7-11(15-2)10(5-4-6-13)12(8-9)16-3/h7-8,13H,4-6H2,1-3H3. The van der Waals surface area contributed by atoms with Gasteiger partial charge in [-0.05, 0) is 12.8 Å². The fourth-order valence-corrected chi connectivity index (χ4v) is 1.58. The van der Waals surface area contributed by atoms with Crippen LogP contribution in [0.5, 0.6) is 17.2 Å². The number of ether oxygens (including phenoxy) is 3. The Balaban J connectivity index is 3.09. The summed E-state index contributed by atoms with van der Waals surface area (Å²) in [6, 6.07) is 3.63. The van der Waals surface area contributed by atoms with Crippen molar-refractivity contribution in [1.29, 1.82) is 0 Å².